The number of fused-ring (bicyclic) bond motifs is 1. The quantitative estimate of drug-likeness (QED) is 0.725. The fourth-order valence-corrected chi connectivity index (χ4v) is 2.60. The molecule has 126 valence electrons. The van der Waals surface area contributed by atoms with E-state index in [9.17, 15) is 4.79 Å². The molecule has 7 nitrogen and oxygen atoms in total. The first-order valence-electron chi connectivity index (χ1n) is 7.42. The minimum Gasteiger partial charge on any atom is -0.497 e. The first-order chi connectivity index (χ1) is 11.7. The summed E-state index contributed by atoms with van der Waals surface area (Å²) in [5.41, 5.74) is 7.53. The number of carbonyl (C=O) groups excluding carboxylic acids is 1. The summed E-state index contributed by atoms with van der Waals surface area (Å²) in [5, 5.41) is 6.21. The molecule has 0 radical (unpaired) electrons. The van der Waals surface area contributed by atoms with Gasteiger partial charge >= 0.3 is 0 Å². The van der Waals surface area contributed by atoms with Gasteiger partial charge in [-0.2, -0.15) is 0 Å². The van der Waals surface area contributed by atoms with Crippen molar-refractivity contribution in [1.82, 2.24) is 5.32 Å². The maximum atomic E-state index is 12.4. The lowest BCUT2D eigenvalue weighted by molar-refractivity contribution is 0.0935. The zero-order valence-corrected chi connectivity index (χ0v) is 13.5. The molecule has 0 saturated carbocycles. The zero-order valence-electron chi connectivity index (χ0n) is 13.5. The first-order valence-corrected chi connectivity index (χ1v) is 7.42. The Morgan fingerprint density at radius 1 is 1.04 bits per heavy atom. The SMILES string of the molecule is COc1ccc2c(c1)C(=O)NC(c1ccc(OCN)c(OC)c1)N2. The highest BCUT2D eigenvalue weighted by Gasteiger charge is 2.25. The standard InChI is InChI=1S/C17H19N3O4/c1-22-11-4-5-13-12(8-11)17(21)20-16(19-13)10-3-6-14(24-9-18)15(7-10)23-2/h3-8,16,19H,9,18H2,1-2H3,(H,20,21). The van der Waals surface area contributed by atoms with E-state index in [1.807, 2.05) is 12.1 Å². The van der Waals surface area contributed by atoms with E-state index in [0.29, 0.717) is 22.8 Å². The molecule has 0 bridgehead atoms. The summed E-state index contributed by atoms with van der Waals surface area (Å²) in [6.45, 7) is 0.0589. The number of carbonyl (C=O) groups is 1. The molecule has 1 atom stereocenters. The summed E-state index contributed by atoms with van der Waals surface area (Å²) in [6, 6.07) is 10.7. The number of hydrogen-bond acceptors (Lipinski definition) is 6. The lowest BCUT2D eigenvalue weighted by Crippen LogP contribution is -2.38. The molecule has 0 saturated heterocycles. The van der Waals surface area contributed by atoms with E-state index in [0.717, 1.165) is 11.3 Å². The second-order valence-electron chi connectivity index (χ2n) is 5.18. The average molecular weight is 329 g/mol. The summed E-state index contributed by atoms with van der Waals surface area (Å²) in [6.07, 6.45) is -0.376. The van der Waals surface area contributed by atoms with E-state index >= 15 is 0 Å². The van der Waals surface area contributed by atoms with Crippen LogP contribution in [0.15, 0.2) is 36.4 Å². The van der Waals surface area contributed by atoms with Crippen molar-refractivity contribution < 1.29 is 19.0 Å². The maximum absolute atomic E-state index is 12.4. The number of nitrogens with one attached hydrogen (secondary N) is 2. The Labute approximate surface area is 139 Å². The van der Waals surface area contributed by atoms with Crippen molar-refractivity contribution >= 4 is 11.6 Å². The lowest BCUT2D eigenvalue weighted by Gasteiger charge is -2.28. The third-order valence-corrected chi connectivity index (χ3v) is 3.81. The van der Waals surface area contributed by atoms with Gasteiger partial charge in [0, 0.05) is 5.69 Å². The average Bonchev–Trinajstić information content (AvgIpc) is 2.62. The van der Waals surface area contributed by atoms with E-state index in [1.54, 1.807) is 38.5 Å². The topological polar surface area (TPSA) is 94.8 Å². The van der Waals surface area contributed by atoms with Gasteiger partial charge in [0.1, 0.15) is 18.6 Å². The van der Waals surface area contributed by atoms with Crippen LogP contribution in [-0.4, -0.2) is 26.9 Å². The van der Waals surface area contributed by atoms with Crippen LogP contribution in [0.2, 0.25) is 0 Å². The summed E-state index contributed by atoms with van der Waals surface area (Å²) < 4.78 is 15.8. The Morgan fingerprint density at radius 2 is 1.88 bits per heavy atom. The minimum atomic E-state index is -0.376. The first kappa shape index (κ1) is 15.9. The van der Waals surface area contributed by atoms with Crippen molar-refractivity contribution in [3.05, 3.63) is 47.5 Å². The molecule has 4 N–H and O–H groups in total. The van der Waals surface area contributed by atoms with Gasteiger partial charge in [-0.25, -0.2) is 0 Å². The molecule has 1 aliphatic heterocycles. The largest absolute Gasteiger partial charge is 0.497 e. The van der Waals surface area contributed by atoms with E-state index in [2.05, 4.69) is 10.6 Å². The Kier molecular flexibility index (Phi) is 4.43. The highest BCUT2D eigenvalue weighted by Crippen LogP contribution is 2.33. The number of ether oxygens (including phenoxy) is 3. The molecule has 2 aromatic rings. The highest BCUT2D eigenvalue weighted by atomic mass is 16.5. The lowest BCUT2D eigenvalue weighted by atomic mass is 10.0. The van der Waals surface area contributed by atoms with Crippen molar-refractivity contribution in [2.24, 2.45) is 5.73 Å². The maximum Gasteiger partial charge on any atom is 0.255 e. The van der Waals surface area contributed by atoms with Gasteiger partial charge in [0.15, 0.2) is 11.5 Å². The number of benzene rings is 2. The van der Waals surface area contributed by atoms with Crippen LogP contribution in [0.25, 0.3) is 0 Å². The molecule has 0 fully saturated rings. The second-order valence-corrected chi connectivity index (χ2v) is 5.18. The summed E-state index contributed by atoms with van der Waals surface area (Å²) in [7, 11) is 3.12. The molecule has 0 spiro atoms. The summed E-state index contributed by atoms with van der Waals surface area (Å²) in [5.74, 6) is 1.56. The monoisotopic (exact) mass is 329 g/mol. The minimum absolute atomic E-state index is 0.0589. The molecule has 24 heavy (non-hydrogen) atoms. The van der Waals surface area contributed by atoms with Gasteiger partial charge in [0.25, 0.3) is 5.91 Å². The Bertz CT molecular complexity index is 763. The van der Waals surface area contributed by atoms with Crippen molar-refractivity contribution in [3.63, 3.8) is 0 Å². The predicted molar refractivity (Wildman–Crippen MR) is 89.5 cm³/mol. The fraction of sp³-hybridized carbons (Fsp3) is 0.235. The number of anilines is 1. The van der Waals surface area contributed by atoms with Crippen LogP contribution in [0.1, 0.15) is 22.1 Å². The number of methoxy groups -OCH3 is 2. The van der Waals surface area contributed by atoms with Gasteiger partial charge in [-0.3, -0.25) is 10.5 Å². The second kappa shape index (κ2) is 6.67. The Hall–Kier alpha value is -2.93. The molecule has 3 rings (SSSR count). The molecule has 7 heteroatoms. The van der Waals surface area contributed by atoms with Crippen LogP contribution >= 0.6 is 0 Å². The van der Waals surface area contributed by atoms with Gasteiger partial charge in [-0.15, -0.1) is 0 Å². The van der Waals surface area contributed by atoms with E-state index in [1.165, 1.54) is 0 Å². The number of amides is 1. The molecule has 0 aliphatic carbocycles. The van der Waals surface area contributed by atoms with Crippen LogP contribution in [0.4, 0.5) is 5.69 Å². The highest BCUT2D eigenvalue weighted by molar-refractivity contribution is 6.02. The zero-order chi connectivity index (χ0) is 17.1. The van der Waals surface area contributed by atoms with Gasteiger partial charge < -0.3 is 24.8 Å². The molecule has 0 aromatic heterocycles. The van der Waals surface area contributed by atoms with Gasteiger partial charge in [-0.05, 0) is 35.9 Å². The van der Waals surface area contributed by atoms with Crippen molar-refractivity contribution in [1.29, 1.82) is 0 Å². The van der Waals surface area contributed by atoms with Gasteiger partial charge in [-0.1, -0.05) is 6.07 Å². The van der Waals surface area contributed by atoms with Crippen LogP contribution in [0.5, 0.6) is 17.2 Å². The van der Waals surface area contributed by atoms with Crippen molar-refractivity contribution in [2.75, 3.05) is 26.3 Å². The smallest absolute Gasteiger partial charge is 0.255 e. The number of hydrogen-bond donors (Lipinski definition) is 3. The van der Waals surface area contributed by atoms with E-state index in [-0.39, 0.29) is 18.8 Å². The third kappa shape index (κ3) is 2.93. The molecule has 1 heterocycles. The van der Waals surface area contributed by atoms with Crippen molar-refractivity contribution in [3.8, 4) is 17.2 Å². The normalized spacial score (nSPS) is 15.8. The molecule has 1 amide bonds. The van der Waals surface area contributed by atoms with Gasteiger partial charge in [0.2, 0.25) is 0 Å². The molecule has 1 unspecified atom stereocenters. The molecular weight excluding hydrogens is 310 g/mol. The Balaban J connectivity index is 1.90. The number of nitrogens with two attached hydrogens (primary N) is 1. The summed E-state index contributed by atoms with van der Waals surface area (Å²) in [4.78, 5) is 12.4. The molecule has 2 aromatic carbocycles. The van der Waals surface area contributed by atoms with Gasteiger partial charge in [0.05, 0.1) is 19.8 Å². The molecular formula is C17H19N3O4. The Morgan fingerprint density at radius 3 is 2.58 bits per heavy atom. The fourth-order valence-electron chi connectivity index (χ4n) is 2.60. The van der Waals surface area contributed by atoms with Crippen LogP contribution < -0.4 is 30.6 Å². The summed E-state index contributed by atoms with van der Waals surface area (Å²) >= 11 is 0. The van der Waals surface area contributed by atoms with Crippen LogP contribution in [0, 0.1) is 0 Å². The predicted octanol–water partition coefficient (Wildman–Crippen LogP) is 1.85. The van der Waals surface area contributed by atoms with Crippen LogP contribution in [-0.2, 0) is 0 Å². The third-order valence-electron chi connectivity index (χ3n) is 3.81. The van der Waals surface area contributed by atoms with Crippen molar-refractivity contribution in [2.45, 2.75) is 6.17 Å². The molecule has 1 aliphatic rings. The van der Waals surface area contributed by atoms with E-state index in [4.69, 9.17) is 19.9 Å². The van der Waals surface area contributed by atoms with E-state index < -0.39 is 0 Å². The number of rotatable bonds is 5. The van der Waals surface area contributed by atoms with Crippen LogP contribution in [0.3, 0.4) is 0 Å².